The van der Waals surface area contributed by atoms with Gasteiger partial charge in [0.1, 0.15) is 12.3 Å². The highest BCUT2D eigenvalue weighted by molar-refractivity contribution is 6.75. The van der Waals surface area contributed by atoms with Crippen molar-refractivity contribution in [1.29, 1.82) is 5.41 Å². The Morgan fingerprint density at radius 3 is 2.69 bits per heavy atom. The highest BCUT2D eigenvalue weighted by Gasteiger charge is 2.28. The summed E-state index contributed by atoms with van der Waals surface area (Å²) in [5, 5.41) is 10.1. The molecule has 0 amide bonds. The lowest BCUT2D eigenvalue weighted by atomic mass is 10.2. The van der Waals surface area contributed by atoms with Crippen LogP contribution in [-0.2, 0) is 11.3 Å². The molecule has 0 atom stereocenters. The summed E-state index contributed by atoms with van der Waals surface area (Å²) in [4.78, 5) is 10.3. The predicted molar refractivity (Wildman–Crippen MR) is 64.7 cm³/mol. The largest absolute Gasteiger partial charge is 0.473 e. The van der Waals surface area contributed by atoms with Gasteiger partial charge in [-0.25, -0.2) is 0 Å². The average molecular weight is 282 g/mol. The molecule has 16 heavy (non-hydrogen) atoms. The van der Waals surface area contributed by atoms with E-state index >= 15 is 0 Å². The number of halogens is 3. The Labute approximate surface area is 107 Å². The highest BCUT2D eigenvalue weighted by Crippen LogP contribution is 2.28. The van der Waals surface area contributed by atoms with Crippen LogP contribution < -0.4 is 0 Å². The molecule has 0 heterocycles. The molecular formula is C9H7Cl3N2O2. The van der Waals surface area contributed by atoms with E-state index in [2.05, 4.69) is 5.18 Å². The van der Waals surface area contributed by atoms with Gasteiger partial charge in [0.25, 0.3) is 3.79 Å². The van der Waals surface area contributed by atoms with E-state index in [0.717, 1.165) is 0 Å². The van der Waals surface area contributed by atoms with Crippen LogP contribution in [0.4, 0.5) is 5.69 Å². The number of hydrogen-bond donors (Lipinski definition) is 1. The summed E-state index contributed by atoms with van der Waals surface area (Å²) in [6.07, 6.45) is 0. The van der Waals surface area contributed by atoms with Crippen LogP contribution in [0.15, 0.2) is 29.4 Å². The zero-order valence-corrected chi connectivity index (χ0v) is 10.2. The third kappa shape index (κ3) is 3.96. The fourth-order valence-corrected chi connectivity index (χ4v) is 1.10. The van der Waals surface area contributed by atoms with Crippen molar-refractivity contribution >= 4 is 46.4 Å². The quantitative estimate of drug-likeness (QED) is 0.394. The molecule has 1 aromatic rings. The summed E-state index contributed by atoms with van der Waals surface area (Å²) < 4.78 is 3.06. The Morgan fingerprint density at radius 1 is 1.44 bits per heavy atom. The molecule has 0 bridgehead atoms. The number of nitrogens with zero attached hydrogens (tertiary/aromatic N) is 1. The zero-order chi connectivity index (χ0) is 12.2. The van der Waals surface area contributed by atoms with Crippen LogP contribution in [0.2, 0.25) is 0 Å². The smallest absolute Gasteiger partial charge is 0.265 e. The van der Waals surface area contributed by atoms with Crippen LogP contribution >= 0.6 is 34.8 Å². The minimum absolute atomic E-state index is 0.0378. The van der Waals surface area contributed by atoms with Crippen LogP contribution in [0.5, 0.6) is 0 Å². The Hall–Kier alpha value is -0.840. The van der Waals surface area contributed by atoms with Crippen molar-refractivity contribution in [2.75, 3.05) is 0 Å². The molecule has 0 aliphatic rings. The molecule has 0 aromatic heterocycles. The zero-order valence-electron chi connectivity index (χ0n) is 7.91. The van der Waals surface area contributed by atoms with Gasteiger partial charge in [0, 0.05) is 0 Å². The molecule has 1 aromatic carbocycles. The van der Waals surface area contributed by atoms with Gasteiger partial charge in [-0.05, 0) is 22.9 Å². The number of alkyl halides is 3. The molecule has 4 nitrogen and oxygen atoms in total. The van der Waals surface area contributed by atoms with E-state index in [4.69, 9.17) is 44.9 Å². The fourth-order valence-electron chi connectivity index (χ4n) is 0.940. The molecule has 0 saturated carbocycles. The van der Waals surface area contributed by atoms with Crippen molar-refractivity contribution in [3.63, 3.8) is 0 Å². The minimum atomic E-state index is -1.87. The number of rotatable bonds is 3. The molecular weight excluding hydrogens is 274 g/mol. The number of nitrogens with one attached hydrogen (secondary N) is 1. The second kappa shape index (κ2) is 5.48. The number of ether oxygens (including phenoxy) is 1. The third-order valence-corrected chi connectivity index (χ3v) is 2.17. The van der Waals surface area contributed by atoms with E-state index in [1.165, 1.54) is 6.07 Å². The minimum Gasteiger partial charge on any atom is -0.473 e. The predicted octanol–water partition coefficient (Wildman–Crippen LogP) is 3.95. The van der Waals surface area contributed by atoms with Crippen LogP contribution in [0, 0.1) is 10.3 Å². The van der Waals surface area contributed by atoms with Crippen molar-refractivity contribution in [2.45, 2.75) is 10.4 Å². The lowest BCUT2D eigenvalue weighted by Gasteiger charge is -2.13. The molecule has 0 fully saturated rings. The number of hydrogen-bond acceptors (Lipinski definition) is 4. The standard InChI is InChI=1S/C9H7Cl3N2O2/c10-9(11,12)8(13)16-5-6-2-1-3-7(4-6)14-15/h1-4,13H,5H2. The average Bonchev–Trinajstić information content (AvgIpc) is 2.25. The van der Waals surface area contributed by atoms with Crippen molar-refractivity contribution in [2.24, 2.45) is 5.18 Å². The number of nitroso groups, excluding NO2 is 1. The molecule has 0 saturated heterocycles. The molecule has 86 valence electrons. The van der Waals surface area contributed by atoms with E-state index in [9.17, 15) is 4.91 Å². The summed E-state index contributed by atoms with van der Waals surface area (Å²) in [7, 11) is 0. The molecule has 7 heteroatoms. The molecule has 1 rings (SSSR count). The van der Waals surface area contributed by atoms with E-state index in [1.807, 2.05) is 0 Å². The van der Waals surface area contributed by atoms with E-state index in [1.54, 1.807) is 18.2 Å². The van der Waals surface area contributed by atoms with E-state index in [0.29, 0.717) is 5.56 Å². The van der Waals surface area contributed by atoms with E-state index in [-0.39, 0.29) is 12.3 Å². The van der Waals surface area contributed by atoms with Crippen LogP contribution in [-0.4, -0.2) is 9.69 Å². The first-order valence-electron chi connectivity index (χ1n) is 4.14. The third-order valence-electron chi connectivity index (χ3n) is 1.66. The van der Waals surface area contributed by atoms with Crippen molar-refractivity contribution in [1.82, 2.24) is 0 Å². The molecule has 0 aliphatic heterocycles. The van der Waals surface area contributed by atoms with Gasteiger partial charge in [-0.1, -0.05) is 46.9 Å². The molecule has 0 aliphatic carbocycles. The maximum atomic E-state index is 10.3. The van der Waals surface area contributed by atoms with Gasteiger partial charge in [0.05, 0.1) is 0 Å². The summed E-state index contributed by atoms with van der Waals surface area (Å²) in [5.41, 5.74) is 0.942. The Bertz CT molecular complexity index is 404. The molecule has 0 radical (unpaired) electrons. The van der Waals surface area contributed by atoms with Gasteiger partial charge in [0.15, 0.2) is 0 Å². The van der Waals surface area contributed by atoms with Gasteiger partial charge in [0.2, 0.25) is 5.90 Å². The van der Waals surface area contributed by atoms with Crippen LogP contribution in [0.1, 0.15) is 5.56 Å². The summed E-state index contributed by atoms with van der Waals surface area (Å²) in [6, 6.07) is 6.43. The summed E-state index contributed by atoms with van der Waals surface area (Å²) in [5.74, 6) is -0.470. The van der Waals surface area contributed by atoms with Crippen LogP contribution in [0.25, 0.3) is 0 Å². The first kappa shape index (κ1) is 13.2. The molecule has 0 spiro atoms. The number of benzene rings is 1. The van der Waals surface area contributed by atoms with Gasteiger partial charge < -0.3 is 4.74 Å². The lowest BCUT2D eigenvalue weighted by Crippen LogP contribution is -2.20. The van der Waals surface area contributed by atoms with Crippen LogP contribution in [0.3, 0.4) is 0 Å². The second-order valence-corrected chi connectivity index (χ2v) is 5.16. The SMILES string of the molecule is N=C(OCc1cccc(N=O)c1)C(Cl)(Cl)Cl. The maximum absolute atomic E-state index is 10.3. The Balaban J connectivity index is 2.61. The van der Waals surface area contributed by atoms with E-state index < -0.39 is 9.69 Å². The topological polar surface area (TPSA) is 62.5 Å². The molecule has 1 N–H and O–H groups in total. The molecule has 0 unspecified atom stereocenters. The van der Waals surface area contributed by atoms with Crippen molar-refractivity contribution in [3.05, 3.63) is 34.7 Å². The maximum Gasteiger partial charge on any atom is 0.265 e. The van der Waals surface area contributed by atoms with Gasteiger partial charge in [-0.2, -0.15) is 0 Å². The monoisotopic (exact) mass is 280 g/mol. The second-order valence-electron chi connectivity index (χ2n) is 2.88. The van der Waals surface area contributed by atoms with Gasteiger partial charge in [-0.3, -0.25) is 5.41 Å². The lowest BCUT2D eigenvalue weighted by molar-refractivity contribution is 0.284. The Morgan fingerprint density at radius 2 is 2.12 bits per heavy atom. The Kier molecular flexibility index (Phi) is 4.53. The summed E-state index contributed by atoms with van der Waals surface area (Å²) >= 11 is 16.3. The van der Waals surface area contributed by atoms with Gasteiger partial charge in [-0.15, -0.1) is 4.91 Å². The normalized spacial score (nSPS) is 10.9. The first-order valence-corrected chi connectivity index (χ1v) is 5.27. The first-order chi connectivity index (χ1) is 7.43. The highest BCUT2D eigenvalue weighted by atomic mass is 35.6. The van der Waals surface area contributed by atoms with Crippen molar-refractivity contribution < 1.29 is 4.74 Å². The summed E-state index contributed by atoms with van der Waals surface area (Å²) in [6.45, 7) is 0.0378. The fraction of sp³-hybridized carbons (Fsp3) is 0.222. The van der Waals surface area contributed by atoms with Gasteiger partial charge >= 0.3 is 0 Å². The van der Waals surface area contributed by atoms with Crippen molar-refractivity contribution in [3.8, 4) is 0 Å².